The Morgan fingerprint density at radius 1 is 0.721 bits per heavy atom. The van der Waals surface area contributed by atoms with Crippen LogP contribution in [0, 0.1) is 0 Å². The maximum atomic E-state index is 2.85. The molecule has 0 spiro atoms. The zero-order valence-electron chi connectivity index (χ0n) is 25.9. The summed E-state index contributed by atoms with van der Waals surface area (Å²) in [5.41, 5.74) is 14.9. The van der Waals surface area contributed by atoms with Gasteiger partial charge in [-0.3, -0.25) is 0 Å². The number of anilines is 2. The molecule has 0 N–H and O–H groups in total. The number of hydrogen-bond acceptors (Lipinski definition) is 1. The van der Waals surface area contributed by atoms with Crippen molar-refractivity contribution in [3.63, 3.8) is 0 Å². The maximum absolute atomic E-state index is 2.85. The Labute approximate surface area is 254 Å². The lowest BCUT2D eigenvalue weighted by molar-refractivity contribution is 0.193. The predicted octanol–water partition coefficient (Wildman–Crippen LogP) is 8.12. The molecule has 3 heteroatoms. The topological polar surface area (TPSA) is 8.17 Å². The Balaban J connectivity index is 1.39. The normalized spacial score (nSPS) is 23.2. The second-order valence-corrected chi connectivity index (χ2v) is 15.3. The molecule has 5 aromatic carbocycles. The van der Waals surface area contributed by atoms with Crippen LogP contribution < -0.4 is 21.3 Å². The number of fused-ring (bicyclic) bond motifs is 11. The monoisotopic (exact) mass is 556 g/mol. The number of hydrogen-bond donors (Lipinski definition) is 0. The van der Waals surface area contributed by atoms with Crippen LogP contribution in [0.4, 0.5) is 11.4 Å². The third-order valence-electron chi connectivity index (χ3n) is 12.2. The smallest absolute Gasteiger partial charge is 0.252 e. The summed E-state index contributed by atoms with van der Waals surface area (Å²) in [4.78, 5) is 2.85. The van der Waals surface area contributed by atoms with E-state index in [-0.39, 0.29) is 23.1 Å². The van der Waals surface area contributed by atoms with Crippen LogP contribution in [0.5, 0.6) is 0 Å². The Morgan fingerprint density at radius 2 is 1.47 bits per heavy atom. The Morgan fingerprint density at radius 3 is 2.28 bits per heavy atom. The quantitative estimate of drug-likeness (QED) is 0.171. The van der Waals surface area contributed by atoms with Crippen molar-refractivity contribution in [1.29, 1.82) is 0 Å². The molecule has 3 aliphatic heterocycles. The lowest BCUT2D eigenvalue weighted by atomic mass is 9.33. The Bertz CT molecular complexity index is 2230. The van der Waals surface area contributed by atoms with E-state index in [0.717, 1.165) is 0 Å². The molecule has 2 unspecified atom stereocenters. The van der Waals surface area contributed by atoms with Crippen molar-refractivity contribution < 1.29 is 0 Å². The van der Waals surface area contributed by atoms with Crippen LogP contribution in [0.2, 0.25) is 0 Å². The third-order valence-corrected chi connectivity index (χ3v) is 12.2. The number of aromatic nitrogens is 1. The lowest BCUT2D eigenvalue weighted by Crippen LogP contribution is -2.64. The van der Waals surface area contributed by atoms with Gasteiger partial charge in [0.2, 0.25) is 0 Å². The van der Waals surface area contributed by atoms with Gasteiger partial charge in [0.15, 0.2) is 0 Å². The summed E-state index contributed by atoms with van der Waals surface area (Å²) in [6.07, 6.45) is 5.10. The highest BCUT2D eigenvalue weighted by Gasteiger charge is 2.62. The van der Waals surface area contributed by atoms with Gasteiger partial charge >= 0.3 is 0 Å². The second-order valence-electron chi connectivity index (χ2n) is 15.3. The first-order valence-corrected chi connectivity index (χ1v) is 16.3. The van der Waals surface area contributed by atoms with Crippen molar-refractivity contribution in [3.8, 4) is 5.69 Å². The van der Waals surface area contributed by atoms with Crippen molar-refractivity contribution in [1.82, 2.24) is 4.57 Å². The standard InChI is InChI=1S/C40H37BN2/c1-38(2,3)28-18-19-30-37-34(28)39(4)20-8-9-21-40(39,5)43(37)32-17-11-16-31-35(32)41(30)29-15-10-14-26-27-22-24-12-6-7-13-25(24)23-33(27)42(31)36(26)29/h6-7,10-19,22-23H,8-9,20-21H2,1-5H3. The van der Waals surface area contributed by atoms with Crippen molar-refractivity contribution in [2.24, 2.45) is 0 Å². The van der Waals surface area contributed by atoms with E-state index in [9.17, 15) is 0 Å². The molecule has 4 aliphatic rings. The molecule has 1 fully saturated rings. The first kappa shape index (κ1) is 24.5. The lowest BCUT2D eigenvalue weighted by Gasteiger charge is -2.52. The van der Waals surface area contributed by atoms with Crippen molar-refractivity contribution in [3.05, 3.63) is 96.1 Å². The van der Waals surface area contributed by atoms with Gasteiger partial charge in [0, 0.05) is 38.8 Å². The van der Waals surface area contributed by atoms with Crippen molar-refractivity contribution in [2.45, 2.75) is 76.7 Å². The van der Waals surface area contributed by atoms with Gasteiger partial charge < -0.3 is 9.47 Å². The molecular weight excluding hydrogens is 519 g/mol. The van der Waals surface area contributed by atoms with E-state index in [1.165, 1.54) is 91.7 Å². The van der Waals surface area contributed by atoms with Crippen LogP contribution in [0.15, 0.2) is 84.9 Å². The van der Waals surface area contributed by atoms with Crippen molar-refractivity contribution in [2.75, 3.05) is 4.90 Å². The first-order valence-electron chi connectivity index (χ1n) is 16.3. The van der Waals surface area contributed by atoms with Crippen LogP contribution in [0.1, 0.15) is 71.4 Å². The molecule has 10 rings (SSSR count). The SMILES string of the molecule is CC(C)(C)c1ccc2c3c1C1(C)CCCCC1(C)N3c1cccc3c1B2c1cccc2c4cc5ccccc5cc4n-3c12. The summed E-state index contributed by atoms with van der Waals surface area (Å²) in [5.74, 6) is 0. The first-order chi connectivity index (χ1) is 20.7. The van der Waals surface area contributed by atoms with Crippen LogP contribution in [-0.4, -0.2) is 16.8 Å². The fourth-order valence-electron chi connectivity index (χ4n) is 10.1. The fraction of sp³-hybridized carbons (Fsp3) is 0.300. The molecule has 4 heterocycles. The fourth-order valence-corrected chi connectivity index (χ4v) is 10.1. The highest BCUT2D eigenvalue weighted by Crippen LogP contribution is 2.63. The van der Waals surface area contributed by atoms with Gasteiger partial charge in [0.1, 0.15) is 0 Å². The number of benzene rings is 5. The predicted molar refractivity (Wildman–Crippen MR) is 184 cm³/mol. The minimum Gasteiger partial charge on any atom is -0.335 e. The van der Waals surface area contributed by atoms with E-state index in [1.807, 2.05) is 0 Å². The van der Waals surface area contributed by atoms with Crippen LogP contribution in [0.25, 0.3) is 38.3 Å². The van der Waals surface area contributed by atoms with Crippen LogP contribution in [0.3, 0.4) is 0 Å². The summed E-state index contributed by atoms with van der Waals surface area (Å²) in [5, 5.41) is 5.33. The second kappa shape index (κ2) is 7.56. The molecule has 0 radical (unpaired) electrons. The van der Waals surface area contributed by atoms with E-state index in [4.69, 9.17) is 0 Å². The minimum atomic E-state index is 0.0467. The number of para-hydroxylation sites is 1. The zero-order chi connectivity index (χ0) is 29.0. The maximum Gasteiger partial charge on any atom is 0.252 e. The summed E-state index contributed by atoms with van der Waals surface area (Å²) in [6, 6.07) is 33.0. The van der Waals surface area contributed by atoms with Gasteiger partial charge in [-0.2, -0.15) is 0 Å². The van der Waals surface area contributed by atoms with E-state index >= 15 is 0 Å². The van der Waals surface area contributed by atoms with E-state index in [2.05, 4.69) is 129 Å². The molecule has 2 nitrogen and oxygen atoms in total. The van der Waals surface area contributed by atoms with Gasteiger partial charge in [-0.25, -0.2) is 0 Å². The average Bonchev–Trinajstić information content (AvgIpc) is 3.43. The molecule has 0 bridgehead atoms. The Kier molecular flexibility index (Phi) is 4.30. The molecular formula is C40H37BN2. The highest BCUT2D eigenvalue weighted by atomic mass is 15.3. The van der Waals surface area contributed by atoms with Crippen LogP contribution in [-0.2, 0) is 10.8 Å². The summed E-state index contributed by atoms with van der Waals surface area (Å²) in [7, 11) is 0. The molecule has 2 atom stereocenters. The largest absolute Gasteiger partial charge is 0.335 e. The number of rotatable bonds is 0. The molecule has 1 saturated carbocycles. The van der Waals surface area contributed by atoms with Gasteiger partial charge in [-0.1, -0.05) is 101 Å². The third kappa shape index (κ3) is 2.67. The van der Waals surface area contributed by atoms with E-state index < -0.39 is 0 Å². The zero-order valence-corrected chi connectivity index (χ0v) is 25.9. The number of nitrogens with zero attached hydrogens (tertiary/aromatic N) is 2. The van der Waals surface area contributed by atoms with Gasteiger partial charge in [-0.05, 0) is 87.7 Å². The minimum absolute atomic E-state index is 0.0467. The molecule has 1 aromatic heterocycles. The molecule has 6 aromatic rings. The average molecular weight is 557 g/mol. The molecule has 1 aliphatic carbocycles. The van der Waals surface area contributed by atoms with Gasteiger partial charge in [0.05, 0.1) is 11.1 Å². The van der Waals surface area contributed by atoms with Gasteiger partial charge in [-0.15, -0.1) is 0 Å². The summed E-state index contributed by atoms with van der Waals surface area (Å²) < 4.78 is 2.61. The molecule has 210 valence electrons. The van der Waals surface area contributed by atoms with Crippen LogP contribution >= 0.6 is 0 Å². The van der Waals surface area contributed by atoms with Crippen molar-refractivity contribution >= 4 is 67.1 Å². The molecule has 43 heavy (non-hydrogen) atoms. The molecule has 0 saturated heterocycles. The van der Waals surface area contributed by atoms with E-state index in [1.54, 1.807) is 11.1 Å². The summed E-state index contributed by atoms with van der Waals surface area (Å²) >= 11 is 0. The Hall–Kier alpha value is -3.98. The van der Waals surface area contributed by atoms with E-state index in [0.29, 0.717) is 0 Å². The summed E-state index contributed by atoms with van der Waals surface area (Å²) in [6.45, 7) is 12.7. The highest BCUT2D eigenvalue weighted by molar-refractivity contribution is 7.00. The molecule has 0 amide bonds. The van der Waals surface area contributed by atoms with Gasteiger partial charge in [0.25, 0.3) is 6.71 Å².